The van der Waals surface area contributed by atoms with Crippen LogP contribution in [0.2, 0.25) is 0 Å². The average molecular weight is 1020 g/mol. The lowest BCUT2D eigenvalue weighted by Crippen LogP contribution is -2.05. The fourth-order valence-corrected chi connectivity index (χ4v) is 12.7. The highest BCUT2D eigenvalue weighted by molar-refractivity contribution is 8.53. The van der Waals surface area contributed by atoms with Gasteiger partial charge in [-0.25, -0.2) is 0 Å². The molecule has 0 bridgehead atoms. The van der Waals surface area contributed by atoms with Gasteiger partial charge in [0.15, 0.2) is 0 Å². The summed E-state index contributed by atoms with van der Waals surface area (Å²) in [7, 11) is -1.16. The lowest BCUT2D eigenvalue weighted by molar-refractivity contribution is -0.143. The summed E-state index contributed by atoms with van der Waals surface area (Å²) in [6.07, 6.45) is 61.4. The van der Waals surface area contributed by atoms with E-state index in [0.29, 0.717) is 13.0 Å². The zero-order valence-electron chi connectivity index (χ0n) is 47.3. The smallest absolute Gasteiger partial charge is 0.360 e. The maximum absolute atomic E-state index is 12.2. The van der Waals surface area contributed by atoms with Gasteiger partial charge in [-0.15, -0.1) is 0 Å². The molecule has 0 aliphatic heterocycles. The minimum atomic E-state index is -1.16. The summed E-state index contributed by atoms with van der Waals surface area (Å²) < 4.78 is 19.0. The standard InChI is InChI=1S/C65H115O4PS/c1-4-7-10-13-16-19-23-28-33-38-43-50-61-52-48-54-63(59-61)68-70(69-64-55-49-53-62(60-64)51-44-39-34-29-24-20-17-14-11-8-5-2)71-58-47-42-37-32-27-22-25-30-35-40-45-56-65(66)67-57-46-41-36-31-26-21-18-15-12-9-6-3/h48-49,52-55,59-60H,4-47,50-51,56-58H2,1-3H3. The van der Waals surface area contributed by atoms with Gasteiger partial charge in [-0.05, 0) is 91.7 Å². The zero-order chi connectivity index (χ0) is 50.6. The van der Waals surface area contributed by atoms with Crippen LogP contribution in [0.4, 0.5) is 0 Å². The molecule has 0 saturated carbocycles. The Labute approximate surface area is 447 Å². The van der Waals surface area contributed by atoms with Crippen molar-refractivity contribution in [3.05, 3.63) is 59.7 Å². The Morgan fingerprint density at radius 3 is 1.06 bits per heavy atom. The second-order valence-electron chi connectivity index (χ2n) is 21.5. The number of hydrogen-bond donors (Lipinski definition) is 0. The Bertz CT molecular complexity index is 1350. The zero-order valence-corrected chi connectivity index (χ0v) is 49.0. The Hall–Kier alpha value is -1.71. The van der Waals surface area contributed by atoms with E-state index in [1.807, 2.05) is 11.4 Å². The van der Waals surface area contributed by atoms with Gasteiger partial charge in [0.05, 0.1) is 6.61 Å². The lowest BCUT2D eigenvalue weighted by atomic mass is 10.0. The first-order chi connectivity index (χ1) is 35.1. The Kier molecular flexibility index (Phi) is 47.7. The summed E-state index contributed by atoms with van der Waals surface area (Å²) >= 11 is 1.88. The van der Waals surface area contributed by atoms with Crippen molar-refractivity contribution in [2.24, 2.45) is 0 Å². The average Bonchev–Trinajstić information content (AvgIpc) is 3.37. The van der Waals surface area contributed by atoms with Crippen molar-refractivity contribution in [1.29, 1.82) is 0 Å². The van der Waals surface area contributed by atoms with Crippen molar-refractivity contribution in [3.63, 3.8) is 0 Å². The van der Waals surface area contributed by atoms with Crippen LogP contribution in [-0.2, 0) is 22.4 Å². The molecule has 0 aliphatic rings. The van der Waals surface area contributed by atoms with Gasteiger partial charge in [0.25, 0.3) is 0 Å². The van der Waals surface area contributed by atoms with Crippen LogP contribution in [0.3, 0.4) is 0 Å². The van der Waals surface area contributed by atoms with Gasteiger partial charge in [0.2, 0.25) is 0 Å². The normalized spacial score (nSPS) is 11.5. The van der Waals surface area contributed by atoms with Crippen LogP contribution in [0.25, 0.3) is 0 Å². The number of aryl methyl sites for hydroxylation is 2. The van der Waals surface area contributed by atoms with Crippen molar-refractivity contribution < 1.29 is 18.6 Å². The van der Waals surface area contributed by atoms with Crippen molar-refractivity contribution in [2.75, 3.05) is 12.4 Å². The third-order valence-electron chi connectivity index (χ3n) is 14.5. The molecular formula is C65H115O4PS. The van der Waals surface area contributed by atoms with E-state index in [9.17, 15) is 4.79 Å². The molecule has 2 aromatic rings. The van der Waals surface area contributed by atoms with E-state index in [-0.39, 0.29) is 5.97 Å². The summed E-state index contributed by atoms with van der Waals surface area (Å²) in [5, 5.41) is 0. The van der Waals surface area contributed by atoms with Gasteiger partial charge in [0, 0.05) is 12.2 Å². The first kappa shape index (κ1) is 65.4. The van der Waals surface area contributed by atoms with Crippen molar-refractivity contribution in [2.45, 2.75) is 323 Å². The molecule has 6 heteroatoms. The highest BCUT2D eigenvalue weighted by Crippen LogP contribution is 2.52. The number of esters is 1. The molecule has 0 spiro atoms. The molecule has 0 heterocycles. The van der Waals surface area contributed by atoms with Gasteiger partial charge in [-0.3, -0.25) is 4.79 Å². The first-order valence-corrected chi connectivity index (χ1v) is 34.0. The molecule has 0 atom stereocenters. The Morgan fingerprint density at radius 2 is 0.690 bits per heavy atom. The fraction of sp³-hybridized carbons (Fsp3) is 0.800. The number of carbonyl (C=O) groups is 1. The third-order valence-corrected chi connectivity index (χ3v) is 17.6. The van der Waals surface area contributed by atoms with Gasteiger partial charge in [-0.2, -0.15) is 0 Å². The molecule has 71 heavy (non-hydrogen) atoms. The minimum absolute atomic E-state index is 0.0113. The molecule has 410 valence electrons. The van der Waals surface area contributed by atoms with Gasteiger partial charge in [0.1, 0.15) is 11.5 Å². The van der Waals surface area contributed by atoms with Gasteiger partial charge in [-0.1, -0.05) is 295 Å². The predicted octanol–water partition coefficient (Wildman–Crippen LogP) is 23.3. The monoisotopic (exact) mass is 1020 g/mol. The molecule has 0 aliphatic carbocycles. The molecule has 0 aromatic heterocycles. The predicted molar refractivity (Wildman–Crippen MR) is 317 cm³/mol. The van der Waals surface area contributed by atoms with E-state index < -0.39 is 7.58 Å². The van der Waals surface area contributed by atoms with E-state index in [1.165, 1.54) is 274 Å². The molecule has 2 rings (SSSR count). The second kappa shape index (κ2) is 51.8. The van der Waals surface area contributed by atoms with Crippen molar-refractivity contribution >= 4 is 24.9 Å². The summed E-state index contributed by atoms with van der Waals surface area (Å²) in [6, 6.07) is 17.7. The van der Waals surface area contributed by atoms with E-state index in [0.717, 1.165) is 49.4 Å². The van der Waals surface area contributed by atoms with Gasteiger partial charge < -0.3 is 13.8 Å². The highest BCUT2D eigenvalue weighted by atomic mass is 32.7. The molecule has 2 aromatic carbocycles. The van der Waals surface area contributed by atoms with Crippen LogP contribution in [-0.4, -0.2) is 18.3 Å². The van der Waals surface area contributed by atoms with Crippen LogP contribution in [0.1, 0.15) is 321 Å². The summed E-state index contributed by atoms with van der Waals surface area (Å²) in [5.74, 6) is 2.98. The maximum atomic E-state index is 12.2. The fourth-order valence-electron chi connectivity index (χ4n) is 9.87. The van der Waals surface area contributed by atoms with Gasteiger partial charge >= 0.3 is 13.5 Å². The number of rotatable bonds is 55. The summed E-state index contributed by atoms with van der Waals surface area (Å²) in [6.45, 7) is 7.49. The molecule has 0 amide bonds. The van der Waals surface area contributed by atoms with E-state index in [2.05, 4.69) is 69.3 Å². The number of unbranched alkanes of at least 4 members (excludes halogenated alkanes) is 40. The molecule has 0 saturated heterocycles. The quantitative estimate of drug-likeness (QED) is 0.0375. The van der Waals surface area contributed by atoms with Crippen LogP contribution >= 0.6 is 19.0 Å². The lowest BCUT2D eigenvalue weighted by Gasteiger charge is -2.19. The third kappa shape index (κ3) is 43.3. The van der Waals surface area contributed by atoms with E-state index in [1.54, 1.807) is 0 Å². The Balaban J connectivity index is 1.64. The first-order valence-electron chi connectivity index (χ1n) is 31.3. The molecular weight excluding hydrogens is 908 g/mol. The topological polar surface area (TPSA) is 44.8 Å². The number of ether oxygens (including phenoxy) is 1. The van der Waals surface area contributed by atoms with Crippen LogP contribution < -0.4 is 9.05 Å². The minimum Gasteiger partial charge on any atom is -0.466 e. The maximum Gasteiger partial charge on any atom is 0.360 e. The Morgan fingerprint density at radius 1 is 0.380 bits per heavy atom. The molecule has 0 N–H and O–H groups in total. The molecule has 0 fully saturated rings. The molecule has 0 radical (unpaired) electrons. The summed E-state index contributed by atoms with van der Waals surface area (Å²) in [4.78, 5) is 12.2. The second-order valence-corrected chi connectivity index (χ2v) is 24.6. The molecule has 4 nitrogen and oxygen atoms in total. The number of hydrogen-bond acceptors (Lipinski definition) is 5. The van der Waals surface area contributed by atoms with E-state index >= 15 is 0 Å². The van der Waals surface area contributed by atoms with Crippen LogP contribution in [0, 0.1) is 0 Å². The molecule has 0 unspecified atom stereocenters. The van der Waals surface area contributed by atoms with Crippen LogP contribution in [0.5, 0.6) is 11.5 Å². The highest BCUT2D eigenvalue weighted by Gasteiger charge is 2.17. The van der Waals surface area contributed by atoms with Crippen molar-refractivity contribution in [3.8, 4) is 11.5 Å². The van der Waals surface area contributed by atoms with E-state index in [4.69, 9.17) is 13.8 Å². The van der Waals surface area contributed by atoms with Crippen molar-refractivity contribution in [1.82, 2.24) is 0 Å². The summed E-state index contributed by atoms with van der Waals surface area (Å²) in [5.41, 5.74) is 2.77. The SMILES string of the molecule is CCCCCCCCCCCCCOC(=O)CCCCCCCCCCCCCSP(Oc1cccc(CCCCCCCCCCCCC)c1)Oc1cccc(CCCCCCCCCCCCC)c1. The number of carbonyl (C=O) groups excluding carboxylic acids is 1. The van der Waals surface area contributed by atoms with Crippen LogP contribution in [0.15, 0.2) is 48.5 Å². The largest absolute Gasteiger partial charge is 0.466 e. The number of benzene rings is 2.